The summed E-state index contributed by atoms with van der Waals surface area (Å²) in [6.45, 7) is 6.64. The van der Waals surface area contributed by atoms with Crippen molar-refractivity contribution < 1.29 is 4.79 Å². The summed E-state index contributed by atoms with van der Waals surface area (Å²) in [7, 11) is 0. The molecule has 0 aliphatic heterocycles. The van der Waals surface area contributed by atoms with Crippen LogP contribution in [0.3, 0.4) is 0 Å². The monoisotopic (exact) mass is 403 g/mol. The number of nitrogens with one attached hydrogen (secondary N) is 1. The average Bonchev–Trinajstić information content (AvgIpc) is 3.24. The Morgan fingerprint density at radius 3 is 2.58 bits per heavy atom. The molecule has 0 aliphatic carbocycles. The van der Waals surface area contributed by atoms with Gasteiger partial charge in [-0.15, -0.1) is 21.5 Å². The fourth-order valence-corrected chi connectivity index (χ4v) is 4.73. The molecule has 2 aromatic heterocycles. The Labute approximate surface area is 166 Å². The highest BCUT2D eigenvalue weighted by atomic mass is 32.2. The minimum atomic E-state index is -0.0575. The van der Waals surface area contributed by atoms with Gasteiger partial charge in [-0.1, -0.05) is 74.2 Å². The average molecular weight is 404 g/mol. The van der Waals surface area contributed by atoms with Crippen LogP contribution in [0.1, 0.15) is 36.8 Å². The molecular formula is C19H21N3OS3. The van der Waals surface area contributed by atoms with Gasteiger partial charge >= 0.3 is 0 Å². The summed E-state index contributed by atoms with van der Waals surface area (Å²) >= 11 is 4.63. The van der Waals surface area contributed by atoms with Crippen LogP contribution in [0, 0.1) is 0 Å². The number of benzene rings is 1. The molecule has 1 aromatic carbocycles. The van der Waals surface area contributed by atoms with Crippen LogP contribution in [-0.2, 0) is 22.4 Å². The second kappa shape index (κ2) is 8.33. The van der Waals surface area contributed by atoms with E-state index in [-0.39, 0.29) is 11.3 Å². The van der Waals surface area contributed by atoms with Crippen LogP contribution in [0.5, 0.6) is 0 Å². The SMILES string of the molecule is CC(C)(C)c1ccc(CSc2nnc(NC(=O)Cc3cccs3)s2)cc1. The summed E-state index contributed by atoms with van der Waals surface area (Å²) in [4.78, 5) is 13.1. The zero-order valence-electron chi connectivity index (χ0n) is 15.0. The number of nitrogens with zero attached hydrogens (tertiary/aromatic N) is 2. The van der Waals surface area contributed by atoms with Crippen molar-refractivity contribution in [1.29, 1.82) is 0 Å². The first-order valence-electron chi connectivity index (χ1n) is 8.28. The van der Waals surface area contributed by atoms with Gasteiger partial charge in [-0.2, -0.15) is 0 Å². The van der Waals surface area contributed by atoms with Gasteiger partial charge in [0.1, 0.15) is 0 Å². The molecule has 0 unspecified atom stereocenters. The van der Waals surface area contributed by atoms with Crippen molar-refractivity contribution in [2.75, 3.05) is 5.32 Å². The lowest BCUT2D eigenvalue weighted by molar-refractivity contribution is -0.115. The molecule has 7 heteroatoms. The van der Waals surface area contributed by atoms with E-state index in [9.17, 15) is 4.79 Å². The second-order valence-electron chi connectivity index (χ2n) is 6.91. The molecule has 136 valence electrons. The van der Waals surface area contributed by atoms with Crippen LogP contribution in [0.4, 0.5) is 5.13 Å². The Morgan fingerprint density at radius 1 is 1.15 bits per heavy atom. The van der Waals surface area contributed by atoms with E-state index in [0.717, 1.165) is 15.0 Å². The van der Waals surface area contributed by atoms with E-state index in [1.807, 2.05) is 17.5 Å². The first kappa shape index (κ1) is 19.1. The molecular weight excluding hydrogens is 382 g/mol. The highest BCUT2D eigenvalue weighted by molar-refractivity contribution is 8.00. The van der Waals surface area contributed by atoms with Crippen molar-refractivity contribution in [2.45, 2.75) is 42.7 Å². The Bertz CT molecular complexity index is 849. The van der Waals surface area contributed by atoms with Crippen molar-refractivity contribution in [3.63, 3.8) is 0 Å². The number of thiophene rings is 1. The summed E-state index contributed by atoms with van der Waals surface area (Å²) in [5.41, 5.74) is 2.75. The molecule has 0 aliphatic rings. The van der Waals surface area contributed by atoms with E-state index in [0.29, 0.717) is 11.6 Å². The van der Waals surface area contributed by atoms with Gasteiger partial charge in [0.2, 0.25) is 11.0 Å². The Hall–Kier alpha value is -1.70. The van der Waals surface area contributed by atoms with Crippen LogP contribution in [0.25, 0.3) is 0 Å². The normalized spacial score (nSPS) is 11.5. The summed E-state index contributed by atoms with van der Waals surface area (Å²) in [6.07, 6.45) is 0.375. The topological polar surface area (TPSA) is 54.9 Å². The van der Waals surface area contributed by atoms with Gasteiger partial charge < -0.3 is 5.32 Å². The summed E-state index contributed by atoms with van der Waals surface area (Å²) in [5, 5.41) is 13.6. The molecule has 0 fully saturated rings. The highest BCUT2D eigenvalue weighted by Gasteiger charge is 2.13. The minimum absolute atomic E-state index is 0.0575. The zero-order chi connectivity index (χ0) is 18.6. The lowest BCUT2D eigenvalue weighted by Gasteiger charge is -2.19. The van der Waals surface area contributed by atoms with Crippen molar-refractivity contribution >= 4 is 45.5 Å². The smallest absolute Gasteiger partial charge is 0.231 e. The van der Waals surface area contributed by atoms with Gasteiger partial charge in [-0.05, 0) is 28.0 Å². The van der Waals surface area contributed by atoms with E-state index in [1.165, 1.54) is 22.5 Å². The molecule has 0 saturated carbocycles. The molecule has 0 bridgehead atoms. The first-order chi connectivity index (χ1) is 12.4. The molecule has 0 spiro atoms. The maximum atomic E-state index is 12.0. The van der Waals surface area contributed by atoms with E-state index in [4.69, 9.17) is 0 Å². The number of carbonyl (C=O) groups excluding carboxylic acids is 1. The van der Waals surface area contributed by atoms with Crippen LogP contribution in [-0.4, -0.2) is 16.1 Å². The van der Waals surface area contributed by atoms with Crippen LogP contribution in [0.15, 0.2) is 46.1 Å². The molecule has 1 N–H and O–H groups in total. The molecule has 4 nitrogen and oxygen atoms in total. The second-order valence-corrected chi connectivity index (χ2v) is 10.1. The Kier molecular flexibility index (Phi) is 6.11. The number of amides is 1. The predicted molar refractivity (Wildman–Crippen MR) is 111 cm³/mol. The van der Waals surface area contributed by atoms with E-state index < -0.39 is 0 Å². The quantitative estimate of drug-likeness (QED) is 0.444. The molecule has 0 atom stereocenters. The van der Waals surface area contributed by atoms with Gasteiger partial charge in [0.15, 0.2) is 4.34 Å². The number of hydrogen-bond donors (Lipinski definition) is 1. The van der Waals surface area contributed by atoms with E-state index in [2.05, 4.69) is 60.6 Å². The fourth-order valence-electron chi connectivity index (χ4n) is 2.30. The molecule has 0 saturated heterocycles. The minimum Gasteiger partial charge on any atom is -0.300 e. The zero-order valence-corrected chi connectivity index (χ0v) is 17.4. The third-order valence-corrected chi connectivity index (χ3v) is 6.67. The lowest BCUT2D eigenvalue weighted by Crippen LogP contribution is -2.13. The van der Waals surface area contributed by atoms with Crippen LogP contribution < -0.4 is 5.32 Å². The molecule has 0 radical (unpaired) electrons. The number of hydrogen-bond acceptors (Lipinski definition) is 6. The van der Waals surface area contributed by atoms with Crippen molar-refractivity contribution in [2.24, 2.45) is 0 Å². The standard InChI is InChI=1S/C19H21N3OS3/c1-19(2,3)14-8-6-13(7-9-14)12-25-18-22-21-17(26-18)20-16(23)11-15-5-4-10-24-15/h4-10H,11-12H2,1-3H3,(H,20,21,23). The number of rotatable bonds is 6. The lowest BCUT2D eigenvalue weighted by atomic mass is 9.87. The summed E-state index contributed by atoms with van der Waals surface area (Å²) < 4.78 is 0.858. The Morgan fingerprint density at radius 2 is 1.92 bits per heavy atom. The van der Waals surface area contributed by atoms with Crippen molar-refractivity contribution in [1.82, 2.24) is 10.2 Å². The van der Waals surface area contributed by atoms with Gasteiger partial charge in [-0.3, -0.25) is 4.79 Å². The first-order valence-corrected chi connectivity index (χ1v) is 11.0. The van der Waals surface area contributed by atoms with Crippen LogP contribution in [0.2, 0.25) is 0 Å². The van der Waals surface area contributed by atoms with Gasteiger partial charge in [-0.25, -0.2) is 0 Å². The van der Waals surface area contributed by atoms with Crippen molar-refractivity contribution in [3.8, 4) is 0 Å². The fraction of sp³-hybridized carbons (Fsp3) is 0.316. The van der Waals surface area contributed by atoms with Gasteiger partial charge in [0, 0.05) is 10.6 Å². The third-order valence-electron chi connectivity index (χ3n) is 3.75. The number of carbonyl (C=O) groups is 1. The number of anilines is 1. The summed E-state index contributed by atoms with van der Waals surface area (Å²) in [6, 6.07) is 12.6. The maximum absolute atomic E-state index is 12.0. The summed E-state index contributed by atoms with van der Waals surface area (Å²) in [5.74, 6) is 0.778. The molecule has 1 amide bonds. The Balaban J connectivity index is 1.51. The van der Waals surface area contributed by atoms with E-state index in [1.54, 1.807) is 23.1 Å². The van der Waals surface area contributed by atoms with E-state index >= 15 is 0 Å². The number of aromatic nitrogens is 2. The number of thioether (sulfide) groups is 1. The molecule has 3 rings (SSSR count). The molecule has 2 heterocycles. The van der Waals surface area contributed by atoms with Gasteiger partial charge in [0.25, 0.3) is 0 Å². The molecule has 3 aromatic rings. The highest BCUT2D eigenvalue weighted by Crippen LogP contribution is 2.29. The largest absolute Gasteiger partial charge is 0.300 e. The van der Waals surface area contributed by atoms with Gasteiger partial charge in [0.05, 0.1) is 6.42 Å². The molecule has 26 heavy (non-hydrogen) atoms. The third kappa shape index (κ3) is 5.40. The van der Waals surface area contributed by atoms with Crippen LogP contribution >= 0.6 is 34.4 Å². The van der Waals surface area contributed by atoms with Crippen molar-refractivity contribution in [3.05, 3.63) is 57.8 Å². The maximum Gasteiger partial charge on any atom is 0.231 e. The predicted octanol–water partition coefficient (Wildman–Crippen LogP) is 5.37.